The number of nitrogens with two attached hydrogens (primary N) is 1. The molecule has 0 radical (unpaired) electrons. The third-order valence-corrected chi connectivity index (χ3v) is 1.95. The summed E-state index contributed by atoms with van der Waals surface area (Å²) in [5.74, 6) is 0.0468. The summed E-state index contributed by atoms with van der Waals surface area (Å²) in [5.41, 5.74) is 6.12. The lowest BCUT2D eigenvalue weighted by atomic mass is 10.2. The van der Waals surface area contributed by atoms with Crippen molar-refractivity contribution >= 4 is 40.5 Å². The zero-order valence-electron chi connectivity index (χ0n) is 5.89. The predicted octanol–water partition coefficient (Wildman–Crippen LogP) is 2.80. The Labute approximate surface area is 84.8 Å². The van der Waals surface area contributed by atoms with Gasteiger partial charge in [-0.2, -0.15) is 0 Å². The number of phenolic OH excluding ortho intramolecular Hbond substituents is 1. The van der Waals surface area contributed by atoms with Gasteiger partial charge in [0.15, 0.2) is 0 Å². The van der Waals surface area contributed by atoms with Crippen molar-refractivity contribution in [2.24, 2.45) is 0 Å². The molecule has 1 aromatic rings. The first-order valence-electron chi connectivity index (χ1n) is 3.07. The molecule has 0 aliphatic carbocycles. The van der Waals surface area contributed by atoms with Crippen LogP contribution in [-0.2, 0) is 3.79 Å². The molecule has 0 unspecified atom stereocenters. The standard InChI is InChI=1S/C7H6Cl3NO/c8-7(9,10)5-2-1-4(12)3-6(5)11/h1-3,12H,11H2. The average Bonchev–Trinajstić information content (AvgIpc) is 1.83. The van der Waals surface area contributed by atoms with Crippen molar-refractivity contribution in [2.45, 2.75) is 3.79 Å². The first kappa shape index (κ1) is 9.78. The fraction of sp³-hybridized carbons (Fsp3) is 0.143. The minimum Gasteiger partial charge on any atom is -0.508 e. The van der Waals surface area contributed by atoms with Crippen LogP contribution in [0.2, 0.25) is 0 Å². The fourth-order valence-electron chi connectivity index (χ4n) is 0.808. The molecule has 0 aromatic heterocycles. The van der Waals surface area contributed by atoms with Gasteiger partial charge in [-0.25, -0.2) is 0 Å². The second-order valence-corrected chi connectivity index (χ2v) is 4.55. The Balaban J connectivity index is 3.19. The lowest BCUT2D eigenvalue weighted by Gasteiger charge is -2.13. The van der Waals surface area contributed by atoms with E-state index in [0.717, 1.165) is 0 Å². The van der Waals surface area contributed by atoms with Gasteiger partial charge in [0.2, 0.25) is 3.79 Å². The molecule has 0 saturated heterocycles. The molecule has 0 atom stereocenters. The normalized spacial score (nSPS) is 11.6. The van der Waals surface area contributed by atoms with E-state index >= 15 is 0 Å². The van der Waals surface area contributed by atoms with Crippen LogP contribution in [0.4, 0.5) is 5.69 Å². The van der Waals surface area contributed by atoms with Gasteiger partial charge >= 0.3 is 0 Å². The van der Waals surface area contributed by atoms with Crippen LogP contribution in [0.1, 0.15) is 5.56 Å². The van der Waals surface area contributed by atoms with Gasteiger partial charge in [0.1, 0.15) is 5.75 Å². The molecule has 1 aromatic carbocycles. The van der Waals surface area contributed by atoms with Crippen molar-refractivity contribution in [3.05, 3.63) is 23.8 Å². The van der Waals surface area contributed by atoms with E-state index in [1.54, 1.807) is 0 Å². The molecule has 3 N–H and O–H groups in total. The summed E-state index contributed by atoms with van der Waals surface area (Å²) in [7, 11) is 0. The van der Waals surface area contributed by atoms with Crippen LogP contribution in [0, 0.1) is 0 Å². The first-order chi connectivity index (χ1) is 5.41. The minimum atomic E-state index is -1.54. The molecule has 0 saturated carbocycles. The maximum absolute atomic E-state index is 8.99. The Morgan fingerprint density at radius 1 is 1.25 bits per heavy atom. The summed E-state index contributed by atoms with van der Waals surface area (Å²) in [6.07, 6.45) is 0. The molecular formula is C7H6Cl3NO. The quantitative estimate of drug-likeness (QED) is 0.528. The van der Waals surface area contributed by atoms with Gasteiger partial charge in [-0.15, -0.1) is 0 Å². The second kappa shape index (κ2) is 3.21. The van der Waals surface area contributed by atoms with Gasteiger partial charge in [-0.1, -0.05) is 34.8 Å². The van der Waals surface area contributed by atoms with E-state index in [2.05, 4.69) is 0 Å². The van der Waals surface area contributed by atoms with Crippen molar-refractivity contribution in [1.29, 1.82) is 0 Å². The predicted molar refractivity (Wildman–Crippen MR) is 51.8 cm³/mol. The molecule has 66 valence electrons. The number of phenols is 1. The van der Waals surface area contributed by atoms with E-state index in [0.29, 0.717) is 5.56 Å². The zero-order chi connectivity index (χ0) is 9.35. The monoisotopic (exact) mass is 225 g/mol. The SMILES string of the molecule is Nc1cc(O)ccc1C(Cl)(Cl)Cl. The van der Waals surface area contributed by atoms with E-state index in [9.17, 15) is 0 Å². The smallest absolute Gasteiger partial charge is 0.218 e. The molecule has 0 spiro atoms. The fourth-order valence-corrected chi connectivity index (χ4v) is 1.32. The average molecular weight is 226 g/mol. The molecule has 0 aliphatic rings. The highest BCUT2D eigenvalue weighted by atomic mass is 35.6. The topological polar surface area (TPSA) is 46.2 Å². The Kier molecular flexibility index (Phi) is 2.61. The Morgan fingerprint density at radius 2 is 1.83 bits per heavy atom. The van der Waals surface area contributed by atoms with Gasteiger partial charge in [-0.3, -0.25) is 0 Å². The summed E-state index contributed by atoms with van der Waals surface area (Å²) in [4.78, 5) is 0. The van der Waals surface area contributed by atoms with Gasteiger partial charge in [0.25, 0.3) is 0 Å². The van der Waals surface area contributed by atoms with Crippen molar-refractivity contribution in [2.75, 3.05) is 5.73 Å². The Morgan fingerprint density at radius 3 is 2.25 bits per heavy atom. The van der Waals surface area contributed by atoms with E-state index < -0.39 is 3.79 Å². The highest BCUT2D eigenvalue weighted by molar-refractivity contribution is 6.67. The largest absolute Gasteiger partial charge is 0.508 e. The van der Waals surface area contributed by atoms with E-state index in [-0.39, 0.29) is 11.4 Å². The van der Waals surface area contributed by atoms with E-state index in [1.165, 1.54) is 18.2 Å². The molecule has 0 heterocycles. The third kappa shape index (κ3) is 2.09. The molecule has 0 bridgehead atoms. The number of rotatable bonds is 0. The summed E-state index contributed by atoms with van der Waals surface area (Å²) in [6, 6.07) is 4.21. The van der Waals surface area contributed by atoms with Crippen LogP contribution >= 0.6 is 34.8 Å². The summed E-state index contributed by atoms with van der Waals surface area (Å²) in [6.45, 7) is 0. The van der Waals surface area contributed by atoms with Crippen LogP contribution < -0.4 is 5.73 Å². The van der Waals surface area contributed by atoms with Crippen molar-refractivity contribution in [3.63, 3.8) is 0 Å². The number of anilines is 1. The van der Waals surface area contributed by atoms with Crippen LogP contribution in [0.25, 0.3) is 0 Å². The molecule has 2 nitrogen and oxygen atoms in total. The molecule has 0 fully saturated rings. The van der Waals surface area contributed by atoms with Gasteiger partial charge in [0.05, 0.1) is 0 Å². The lowest BCUT2D eigenvalue weighted by Crippen LogP contribution is -2.04. The number of nitrogen functional groups attached to an aromatic ring is 1. The van der Waals surface area contributed by atoms with Gasteiger partial charge in [0, 0.05) is 17.3 Å². The second-order valence-electron chi connectivity index (χ2n) is 2.27. The highest BCUT2D eigenvalue weighted by Crippen LogP contribution is 2.41. The van der Waals surface area contributed by atoms with E-state index in [4.69, 9.17) is 45.6 Å². The third-order valence-electron chi connectivity index (χ3n) is 1.34. The number of aromatic hydroxyl groups is 1. The molecule has 1 rings (SSSR count). The van der Waals surface area contributed by atoms with Crippen molar-refractivity contribution < 1.29 is 5.11 Å². The summed E-state index contributed by atoms with van der Waals surface area (Å²) >= 11 is 16.8. The van der Waals surface area contributed by atoms with Crippen molar-refractivity contribution in [3.8, 4) is 5.75 Å². The zero-order valence-corrected chi connectivity index (χ0v) is 8.16. The van der Waals surface area contributed by atoms with Crippen LogP contribution in [0.5, 0.6) is 5.75 Å². The van der Waals surface area contributed by atoms with E-state index in [1.807, 2.05) is 0 Å². The maximum atomic E-state index is 8.99. The maximum Gasteiger partial charge on any atom is 0.218 e. The van der Waals surface area contributed by atoms with Crippen LogP contribution in [0.15, 0.2) is 18.2 Å². The molecule has 0 aliphatic heterocycles. The lowest BCUT2D eigenvalue weighted by molar-refractivity contribution is 0.475. The number of halogens is 3. The summed E-state index contributed by atoms with van der Waals surface area (Å²) in [5, 5.41) is 8.99. The van der Waals surface area contributed by atoms with Gasteiger partial charge < -0.3 is 10.8 Å². The minimum absolute atomic E-state index is 0.0468. The van der Waals surface area contributed by atoms with Crippen LogP contribution in [-0.4, -0.2) is 5.11 Å². The van der Waals surface area contributed by atoms with Crippen LogP contribution in [0.3, 0.4) is 0 Å². The van der Waals surface area contributed by atoms with Gasteiger partial charge in [-0.05, 0) is 12.1 Å². The number of alkyl halides is 3. The van der Waals surface area contributed by atoms with Crippen molar-refractivity contribution in [1.82, 2.24) is 0 Å². The molecular weight excluding hydrogens is 220 g/mol. The number of benzene rings is 1. The number of hydrogen-bond acceptors (Lipinski definition) is 2. The molecule has 12 heavy (non-hydrogen) atoms. The summed E-state index contributed by atoms with van der Waals surface area (Å²) < 4.78 is -1.54. The first-order valence-corrected chi connectivity index (χ1v) is 4.20. The molecule has 5 heteroatoms. The number of hydrogen-bond donors (Lipinski definition) is 2. The highest BCUT2D eigenvalue weighted by Gasteiger charge is 2.25. The molecule has 0 amide bonds. The Bertz CT molecular complexity index is 295. The Hall–Kier alpha value is -0.310.